The molecule has 2 nitrogen and oxygen atoms in total. The summed E-state index contributed by atoms with van der Waals surface area (Å²) in [7, 11) is 0. The molecule has 1 saturated carbocycles. The van der Waals surface area contributed by atoms with E-state index in [2.05, 4.69) is 58.7 Å². The minimum atomic E-state index is 0.422. The third-order valence-electron chi connectivity index (χ3n) is 4.64. The molecule has 0 heterocycles. The predicted molar refractivity (Wildman–Crippen MR) is 90.1 cm³/mol. The minimum Gasteiger partial charge on any atom is -0.312 e. The van der Waals surface area contributed by atoms with Crippen molar-refractivity contribution in [2.75, 3.05) is 19.6 Å². The summed E-state index contributed by atoms with van der Waals surface area (Å²) in [5.41, 5.74) is 0.422. The van der Waals surface area contributed by atoms with Crippen molar-refractivity contribution in [2.24, 2.45) is 17.3 Å². The van der Waals surface area contributed by atoms with E-state index < -0.39 is 0 Å². The van der Waals surface area contributed by atoms with Crippen molar-refractivity contribution >= 4 is 0 Å². The van der Waals surface area contributed by atoms with Crippen molar-refractivity contribution in [3.8, 4) is 0 Å². The van der Waals surface area contributed by atoms with Gasteiger partial charge in [0.15, 0.2) is 0 Å². The summed E-state index contributed by atoms with van der Waals surface area (Å²) in [6, 6.07) is 1.35. The quantitative estimate of drug-likeness (QED) is 0.754. The summed E-state index contributed by atoms with van der Waals surface area (Å²) in [6.07, 6.45) is 4.10. The molecule has 0 saturated heterocycles. The number of hydrogen-bond acceptors (Lipinski definition) is 2. The molecule has 0 radical (unpaired) electrons. The van der Waals surface area contributed by atoms with Gasteiger partial charge in [-0.05, 0) is 36.6 Å². The van der Waals surface area contributed by atoms with Crippen LogP contribution in [0.4, 0.5) is 0 Å². The normalized spacial score (nSPS) is 26.7. The van der Waals surface area contributed by atoms with Gasteiger partial charge >= 0.3 is 0 Å². The second kappa shape index (κ2) is 7.79. The zero-order chi connectivity index (χ0) is 15.3. The average Bonchev–Trinajstić information content (AvgIpc) is 2.29. The average molecular weight is 283 g/mol. The molecule has 0 aromatic heterocycles. The maximum absolute atomic E-state index is 3.81. The Morgan fingerprint density at radius 1 is 1.10 bits per heavy atom. The molecular weight excluding hydrogens is 244 g/mol. The molecule has 2 unspecified atom stereocenters. The van der Waals surface area contributed by atoms with Crippen LogP contribution in [0.15, 0.2) is 0 Å². The fraction of sp³-hybridized carbons (Fsp3) is 1.00. The van der Waals surface area contributed by atoms with Gasteiger partial charge in [0.1, 0.15) is 0 Å². The molecule has 0 amide bonds. The van der Waals surface area contributed by atoms with E-state index in [4.69, 9.17) is 0 Å². The smallest absolute Gasteiger partial charge is 0.0274 e. The van der Waals surface area contributed by atoms with Crippen molar-refractivity contribution < 1.29 is 0 Å². The standard InChI is InChI=1S/C18H38N2/c1-8-19-17-16(10-9-11-18(17,6)7)20(12-14(2)3)13-15(4)5/h14-17,19H,8-13H2,1-7H3. The molecule has 0 aromatic rings. The first-order valence-corrected chi connectivity index (χ1v) is 8.75. The second-order valence-electron chi connectivity index (χ2n) is 8.23. The monoisotopic (exact) mass is 282 g/mol. The van der Waals surface area contributed by atoms with Gasteiger partial charge in [0.2, 0.25) is 0 Å². The van der Waals surface area contributed by atoms with Crippen molar-refractivity contribution in [2.45, 2.75) is 79.8 Å². The summed E-state index contributed by atoms with van der Waals surface area (Å²) in [4.78, 5) is 2.78. The second-order valence-corrected chi connectivity index (χ2v) is 8.23. The molecule has 120 valence electrons. The van der Waals surface area contributed by atoms with Crippen LogP contribution in [0.3, 0.4) is 0 Å². The largest absolute Gasteiger partial charge is 0.312 e. The SMILES string of the molecule is CCNC1C(N(CC(C)C)CC(C)C)CCCC1(C)C. The van der Waals surface area contributed by atoms with Gasteiger partial charge in [-0.2, -0.15) is 0 Å². The molecule has 1 N–H and O–H groups in total. The molecule has 0 aromatic carbocycles. The Bertz CT molecular complexity index is 261. The van der Waals surface area contributed by atoms with Crippen molar-refractivity contribution in [3.63, 3.8) is 0 Å². The summed E-state index contributed by atoms with van der Waals surface area (Å²) in [5.74, 6) is 1.50. The van der Waals surface area contributed by atoms with Gasteiger partial charge in [-0.1, -0.05) is 54.9 Å². The number of hydrogen-bond donors (Lipinski definition) is 1. The molecule has 1 rings (SSSR count). The van der Waals surface area contributed by atoms with Crippen molar-refractivity contribution in [3.05, 3.63) is 0 Å². The minimum absolute atomic E-state index is 0.422. The van der Waals surface area contributed by atoms with E-state index in [1.807, 2.05) is 0 Å². The molecular formula is C18H38N2. The molecule has 20 heavy (non-hydrogen) atoms. The van der Waals surface area contributed by atoms with Crippen LogP contribution in [0.5, 0.6) is 0 Å². The molecule has 0 aliphatic heterocycles. The van der Waals surface area contributed by atoms with Gasteiger partial charge in [-0.3, -0.25) is 4.90 Å². The van der Waals surface area contributed by atoms with E-state index in [0.717, 1.165) is 18.4 Å². The summed E-state index contributed by atoms with van der Waals surface area (Å²) < 4.78 is 0. The van der Waals surface area contributed by atoms with Crippen LogP contribution in [-0.4, -0.2) is 36.6 Å². The lowest BCUT2D eigenvalue weighted by Crippen LogP contribution is -2.59. The molecule has 0 spiro atoms. The maximum Gasteiger partial charge on any atom is 0.0274 e. The number of rotatable bonds is 7. The Morgan fingerprint density at radius 3 is 2.10 bits per heavy atom. The molecule has 1 aliphatic carbocycles. The Balaban J connectivity index is 2.88. The van der Waals surface area contributed by atoms with E-state index in [-0.39, 0.29) is 0 Å². The van der Waals surface area contributed by atoms with Crippen LogP contribution < -0.4 is 5.32 Å². The molecule has 1 aliphatic rings. The highest BCUT2D eigenvalue weighted by Crippen LogP contribution is 2.38. The highest BCUT2D eigenvalue weighted by atomic mass is 15.2. The lowest BCUT2D eigenvalue weighted by atomic mass is 9.70. The van der Waals surface area contributed by atoms with Gasteiger partial charge in [0.25, 0.3) is 0 Å². The summed E-state index contributed by atoms with van der Waals surface area (Å²) in [6.45, 7) is 20.1. The van der Waals surface area contributed by atoms with E-state index >= 15 is 0 Å². The maximum atomic E-state index is 3.81. The van der Waals surface area contributed by atoms with Crippen LogP contribution in [-0.2, 0) is 0 Å². The van der Waals surface area contributed by atoms with Gasteiger partial charge in [0, 0.05) is 25.2 Å². The van der Waals surface area contributed by atoms with Gasteiger partial charge in [-0.15, -0.1) is 0 Å². The number of likely N-dealkylation sites (N-methyl/N-ethyl adjacent to an activating group) is 1. The van der Waals surface area contributed by atoms with E-state index in [1.54, 1.807) is 0 Å². The van der Waals surface area contributed by atoms with Crippen LogP contribution in [0, 0.1) is 17.3 Å². The lowest BCUT2D eigenvalue weighted by molar-refractivity contribution is 0.0360. The first-order chi connectivity index (χ1) is 9.27. The van der Waals surface area contributed by atoms with Crippen LogP contribution >= 0.6 is 0 Å². The predicted octanol–water partition coefficient (Wildman–Crippen LogP) is 4.16. The highest BCUT2D eigenvalue weighted by molar-refractivity contribution is 4.98. The fourth-order valence-electron chi connectivity index (χ4n) is 3.92. The molecule has 1 fully saturated rings. The van der Waals surface area contributed by atoms with Crippen molar-refractivity contribution in [1.82, 2.24) is 10.2 Å². The Morgan fingerprint density at radius 2 is 1.65 bits per heavy atom. The fourth-order valence-corrected chi connectivity index (χ4v) is 3.92. The third kappa shape index (κ3) is 5.04. The first kappa shape index (κ1) is 18.0. The topological polar surface area (TPSA) is 15.3 Å². The van der Waals surface area contributed by atoms with Crippen LogP contribution in [0.25, 0.3) is 0 Å². The van der Waals surface area contributed by atoms with E-state index in [1.165, 1.54) is 32.4 Å². The summed E-state index contributed by atoms with van der Waals surface area (Å²) >= 11 is 0. The van der Waals surface area contributed by atoms with Crippen LogP contribution in [0.2, 0.25) is 0 Å². The van der Waals surface area contributed by atoms with E-state index in [0.29, 0.717) is 17.5 Å². The van der Waals surface area contributed by atoms with E-state index in [9.17, 15) is 0 Å². The van der Waals surface area contributed by atoms with Crippen molar-refractivity contribution in [1.29, 1.82) is 0 Å². The lowest BCUT2D eigenvalue weighted by Gasteiger charge is -2.49. The first-order valence-electron chi connectivity index (χ1n) is 8.75. The Hall–Kier alpha value is -0.0800. The van der Waals surface area contributed by atoms with Gasteiger partial charge in [-0.25, -0.2) is 0 Å². The number of nitrogens with zero attached hydrogens (tertiary/aromatic N) is 1. The van der Waals surface area contributed by atoms with Gasteiger partial charge < -0.3 is 5.32 Å². The zero-order valence-corrected chi connectivity index (χ0v) is 15.0. The van der Waals surface area contributed by atoms with Gasteiger partial charge in [0.05, 0.1) is 0 Å². The molecule has 2 atom stereocenters. The van der Waals surface area contributed by atoms with Crippen LogP contribution in [0.1, 0.15) is 67.7 Å². The highest BCUT2D eigenvalue weighted by Gasteiger charge is 2.41. The summed E-state index contributed by atoms with van der Waals surface area (Å²) in [5, 5.41) is 3.81. The zero-order valence-electron chi connectivity index (χ0n) is 15.0. The molecule has 0 bridgehead atoms. The number of nitrogens with one attached hydrogen (secondary N) is 1. The molecule has 2 heteroatoms. The Labute approximate surface area is 127 Å². The third-order valence-corrected chi connectivity index (χ3v) is 4.64. The Kier molecular flexibility index (Phi) is 7.00.